The number of methoxy groups -OCH3 is 3. The standard InChI is InChI=1S/C27H28N4O7/c1-14-10-17(31(34)35)7-9-20(14)29-30-22-12-19-18(13-23(22)33)21(28-15(2)32)8-6-16-11-24(36-3)26(37-4)27(38-5)25(16)19/h7,9-13,21,33H,6,8H2,1-5H3,(H,28,32). The van der Waals surface area contributed by atoms with Crippen molar-refractivity contribution < 1.29 is 29.0 Å². The van der Waals surface area contributed by atoms with Crippen LogP contribution in [0.2, 0.25) is 0 Å². The number of rotatable bonds is 7. The summed E-state index contributed by atoms with van der Waals surface area (Å²) in [6.45, 7) is 3.14. The summed E-state index contributed by atoms with van der Waals surface area (Å²) in [6, 6.07) is 9.00. The van der Waals surface area contributed by atoms with E-state index in [1.54, 1.807) is 26.2 Å². The lowest BCUT2D eigenvalue weighted by Gasteiger charge is -2.21. The van der Waals surface area contributed by atoms with Gasteiger partial charge in [-0.15, -0.1) is 5.11 Å². The molecule has 0 bridgehead atoms. The first-order valence-corrected chi connectivity index (χ1v) is 11.8. The molecule has 1 aliphatic rings. The molecule has 0 heterocycles. The highest BCUT2D eigenvalue weighted by Crippen LogP contribution is 2.52. The molecular weight excluding hydrogens is 492 g/mol. The number of phenols is 1. The summed E-state index contributed by atoms with van der Waals surface area (Å²) in [5.41, 5.74) is 4.12. The molecule has 11 heteroatoms. The van der Waals surface area contributed by atoms with Crippen molar-refractivity contribution in [2.45, 2.75) is 32.7 Å². The number of nitrogens with one attached hydrogen (secondary N) is 1. The second-order valence-corrected chi connectivity index (χ2v) is 8.83. The Morgan fingerprint density at radius 3 is 2.37 bits per heavy atom. The summed E-state index contributed by atoms with van der Waals surface area (Å²) in [6.07, 6.45) is 1.16. The highest BCUT2D eigenvalue weighted by molar-refractivity contribution is 5.86. The van der Waals surface area contributed by atoms with Crippen molar-refractivity contribution in [3.05, 3.63) is 63.2 Å². The molecule has 0 aliphatic heterocycles. The summed E-state index contributed by atoms with van der Waals surface area (Å²) < 4.78 is 16.9. The molecule has 3 aromatic carbocycles. The summed E-state index contributed by atoms with van der Waals surface area (Å²) in [7, 11) is 4.60. The number of amides is 1. The topological polar surface area (TPSA) is 145 Å². The number of azo groups is 1. The van der Waals surface area contributed by atoms with Gasteiger partial charge in [0.25, 0.3) is 5.69 Å². The lowest BCUT2D eigenvalue weighted by Crippen LogP contribution is -2.26. The van der Waals surface area contributed by atoms with Gasteiger partial charge in [-0.1, -0.05) is 0 Å². The molecule has 1 aliphatic carbocycles. The third kappa shape index (κ3) is 4.95. The Kier molecular flexibility index (Phi) is 7.47. The second kappa shape index (κ2) is 10.8. The van der Waals surface area contributed by atoms with Crippen molar-refractivity contribution in [1.82, 2.24) is 5.32 Å². The van der Waals surface area contributed by atoms with Crippen LogP contribution in [-0.4, -0.2) is 37.3 Å². The molecule has 0 saturated heterocycles. The minimum atomic E-state index is -0.480. The predicted molar refractivity (Wildman–Crippen MR) is 140 cm³/mol. The number of nitro benzene ring substituents is 1. The molecule has 2 N–H and O–H groups in total. The zero-order valence-corrected chi connectivity index (χ0v) is 21.7. The number of carbonyl (C=O) groups is 1. The fraction of sp³-hybridized carbons (Fsp3) is 0.296. The molecule has 1 atom stereocenters. The summed E-state index contributed by atoms with van der Waals surface area (Å²) in [4.78, 5) is 22.6. The number of hydrogen-bond acceptors (Lipinski definition) is 9. The zero-order valence-electron chi connectivity index (χ0n) is 21.7. The highest BCUT2D eigenvalue weighted by Gasteiger charge is 2.30. The molecule has 1 amide bonds. The molecule has 0 spiro atoms. The van der Waals surface area contributed by atoms with E-state index in [0.717, 1.165) is 11.1 Å². The average molecular weight is 521 g/mol. The van der Waals surface area contributed by atoms with Gasteiger partial charge in [0, 0.05) is 24.6 Å². The van der Waals surface area contributed by atoms with E-state index >= 15 is 0 Å². The SMILES string of the molecule is COc1cc2c(c(OC)c1OC)-c1cc(N=Nc3ccc([N+](=O)[O-])cc3C)c(O)cc1C(NC(C)=O)CC2. The summed E-state index contributed by atoms with van der Waals surface area (Å²) in [5, 5.41) is 33.4. The van der Waals surface area contributed by atoms with Crippen LogP contribution < -0.4 is 19.5 Å². The van der Waals surface area contributed by atoms with Gasteiger partial charge in [-0.2, -0.15) is 5.11 Å². The van der Waals surface area contributed by atoms with Crippen molar-refractivity contribution in [1.29, 1.82) is 0 Å². The van der Waals surface area contributed by atoms with E-state index < -0.39 is 4.92 Å². The van der Waals surface area contributed by atoms with Crippen LogP contribution in [0.1, 0.15) is 36.1 Å². The molecule has 0 aromatic heterocycles. The maximum Gasteiger partial charge on any atom is 0.269 e. The predicted octanol–water partition coefficient (Wildman–Crippen LogP) is 5.84. The molecule has 4 rings (SSSR count). The van der Waals surface area contributed by atoms with Gasteiger partial charge in [-0.05, 0) is 66.3 Å². The maximum atomic E-state index is 12.0. The Bertz CT molecular complexity index is 1450. The van der Waals surface area contributed by atoms with Crippen molar-refractivity contribution in [3.63, 3.8) is 0 Å². The van der Waals surface area contributed by atoms with Gasteiger partial charge >= 0.3 is 0 Å². The quantitative estimate of drug-likeness (QED) is 0.226. The van der Waals surface area contributed by atoms with Gasteiger partial charge < -0.3 is 24.6 Å². The minimum Gasteiger partial charge on any atom is -0.506 e. The van der Waals surface area contributed by atoms with Crippen LogP contribution in [0, 0.1) is 17.0 Å². The monoisotopic (exact) mass is 520 g/mol. The Balaban J connectivity index is 1.92. The van der Waals surface area contributed by atoms with Crippen LogP contribution >= 0.6 is 0 Å². The van der Waals surface area contributed by atoms with Crippen molar-refractivity contribution in [2.24, 2.45) is 10.2 Å². The average Bonchev–Trinajstić information content (AvgIpc) is 3.02. The number of nitrogens with zero attached hydrogens (tertiary/aromatic N) is 3. The van der Waals surface area contributed by atoms with E-state index in [-0.39, 0.29) is 29.1 Å². The van der Waals surface area contributed by atoms with Crippen LogP contribution in [0.15, 0.2) is 46.6 Å². The van der Waals surface area contributed by atoms with E-state index in [0.29, 0.717) is 52.5 Å². The summed E-state index contributed by atoms with van der Waals surface area (Å²) in [5.74, 6) is 1.04. The number of non-ortho nitro benzene ring substituents is 1. The molecule has 11 nitrogen and oxygen atoms in total. The Morgan fingerprint density at radius 1 is 1.05 bits per heavy atom. The van der Waals surface area contributed by atoms with Crippen LogP contribution in [0.5, 0.6) is 23.0 Å². The lowest BCUT2D eigenvalue weighted by atomic mass is 9.93. The van der Waals surface area contributed by atoms with Crippen LogP contribution in [0.25, 0.3) is 11.1 Å². The first kappa shape index (κ1) is 26.4. The fourth-order valence-electron chi connectivity index (χ4n) is 4.70. The molecular formula is C27H28N4O7. The highest BCUT2D eigenvalue weighted by atomic mass is 16.6. The fourth-order valence-corrected chi connectivity index (χ4v) is 4.70. The number of benzene rings is 3. The largest absolute Gasteiger partial charge is 0.506 e. The van der Waals surface area contributed by atoms with E-state index in [4.69, 9.17) is 14.2 Å². The van der Waals surface area contributed by atoms with Crippen LogP contribution in [0.3, 0.4) is 0 Å². The van der Waals surface area contributed by atoms with Gasteiger partial charge in [0.2, 0.25) is 11.7 Å². The van der Waals surface area contributed by atoms with E-state index in [1.165, 1.54) is 39.3 Å². The second-order valence-electron chi connectivity index (χ2n) is 8.83. The molecule has 0 radical (unpaired) electrons. The molecule has 1 unspecified atom stereocenters. The Hall–Kier alpha value is -4.67. The van der Waals surface area contributed by atoms with Crippen molar-refractivity contribution >= 4 is 23.0 Å². The number of phenolic OH excluding ortho intramolecular Hbond substituents is 1. The first-order chi connectivity index (χ1) is 18.2. The first-order valence-electron chi connectivity index (χ1n) is 11.8. The minimum absolute atomic E-state index is 0.0496. The lowest BCUT2D eigenvalue weighted by molar-refractivity contribution is -0.384. The van der Waals surface area contributed by atoms with Gasteiger partial charge in [-0.3, -0.25) is 14.9 Å². The molecule has 0 saturated carbocycles. The number of fused-ring (bicyclic) bond motifs is 3. The molecule has 198 valence electrons. The van der Waals surface area contributed by atoms with Gasteiger partial charge in [0.05, 0.1) is 38.0 Å². The van der Waals surface area contributed by atoms with Crippen LogP contribution in [-0.2, 0) is 11.2 Å². The smallest absolute Gasteiger partial charge is 0.269 e. The number of aromatic hydroxyl groups is 1. The van der Waals surface area contributed by atoms with Gasteiger partial charge in [0.15, 0.2) is 11.5 Å². The molecule has 3 aromatic rings. The number of hydrogen-bond donors (Lipinski definition) is 2. The number of ether oxygens (including phenoxy) is 3. The number of carbonyl (C=O) groups excluding carboxylic acids is 1. The third-order valence-corrected chi connectivity index (χ3v) is 6.44. The maximum absolute atomic E-state index is 12.0. The summed E-state index contributed by atoms with van der Waals surface area (Å²) >= 11 is 0. The Morgan fingerprint density at radius 2 is 1.76 bits per heavy atom. The van der Waals surface area contributed by atoms with Gasteiger partial charge in [-0.25, -0.2) is 0 Å². The molecule has 0 fully saturated rings. The van der Waals surface area contributed by atoms with E-state index in [2.05, 4.69) is 15.5 Å². The number of nitro groups is 1. The van der Waals surface area contributed by atoms with E-state index in [9.17, 15) is 20.0 Å². The van der Waals surface area contributed by atoms with Crippen molar-refractivity contribution in [2.75, 3.05) is 21.3 Å². The van der Waals surface area contributed by atoms with E-state index in [1.807, 2.05) is 6.07 Å². The molecule has 38 heavy (non-hydrogen) atoms. The Labute approximate surface area is 219 Å². The third-order valence-electron chi connectivity index (χ3n) is 6.44. The number of aryl methyl sites for hydroxylation is 2. The van der Waals surface area contributed by atoms with Crippen LogP contribution in [0.4, 0.5) is 17.1 Å². The zero-order chi connectivity index (χ0) is 27.6. The van der Waals surface area contributed by atoms with Gasteiger partial charge in [0.1, 0.15) is 11.4 Å². The normalized spacial score (nSPS) is 14.3. The van der Waals surface area contributed by atoms with Crippen molar-refractivity contribution in [3.8, 4) is 34.1 Å².